The third-order valence-corrected chi connectivity index (χ3v) is 3.21. The van der Waals surface area contributed by atoms with Crippen LogP contribution in [0.2, 0.25) is 0 Å². The molecule has 3 rings (SSSR count). The maximum absolute atomic E-state index is 11.5. The molecule has 2 heterocycles. The second-order valence-electron chi connectivity index (χ2n) is 4.98. The molecule has 3 aromatic rings. The number of aromatic nitrogens is 3. The van der Waals surface area contributed by atoms with E-state index in [1.54, 1.807) is 37.3 Å². The molecule has 0 atom stereocenters. The van der Waals surface area contributed by atoms with Gasteiger partial charge in [-0.25, -0.2) is 9.97 Å². The van der Waals surface area contributed by atoms with Gasteiger partial charge in [0.1, 0.15) is 17.8 Å². The van der Waals surface area contributed by atoms with Crippen molar-refractivity contribution in [1.29, 1.82) is 0 Å². The summed E-state index contributed by atoms with van der Waals surface area (Å²) in [6.45, 7) is 1.71. The number of nitrogens with one attached hydrogen (secondary N) is 2. The van der Waals surface area contributed by atoms with E-state index in [9.17, 15) is 10.1 Å². The summed E-state index contributed by atoms with van der Waals surface area (Å²) in [5, 5.41) is 20.9. The van der Waals surface area contributed by atoms with Crippen LogP contribution in [-0.2, 0) is 0 Å². The Balaban J connectivity index is 1.95. The molecule has 10 nitrogen and oxygen atoms in total. The van der Waals surface area contributed by atoms with Crippen LogP contribution < -0.4 is 15.4 Å². The Morgan fingerprint density at radius 1 is 1.20 bits per heavy atom. The summed E-state index contributed by atoms with van der Waals surface area (Å²) in [6, 6.07) is 8.55. The van der Waals surface area contributed by atoms with Crippen LogP contribution in [0.1, 0.15) is 5.76 Å². The minimum Gasteiger partial charge on any atom is -0.497 e. The summed E-state index contributed by atoms with van der Waals surface area (Å²) in [5.41, 5.74) is 0.273. The number of methoxy groups -OCH3 is 1. The average molecular weight is 342 g/mol. The molecule has 10 heteroatoms. The number of aryl methyl sites for hydroxylation is 1. The lowest BCUT2D eigenvalue weighted by molar-refractivity contribution is -0.383. The standard InChI is InChI=1S/C15H14N6O4/c1-9-6-12(20-25-9)19-15-13(21(22)23)14(16-8-17-15)18-10-4-3-5-11(7-10)24-2/h3-8H,1-2H3,(H2,16,17,18,19,20). The summed E-state index contributed by atoms with van der Waals surface area (Å²) in [7, 11) is 1.54. The first-order valence-electron chi connectivity index (χ1n) is 7.17. The molecule has 0 aliphatic carbocycles. The van der Waals surface area contributed by atoms with Crippen molar-refractivity contribution < 1.29 is 14.2 Å². The van der Waals surface area contributed by atoms with Crippen LogP contribution in [0.5, 0.6) is 5.75 Å². The van der Waals surface area contributed by atoms with Crippen molar-refractivity contribution >= 4 is 28.8 Å². The van der Waals surface area contributed by atoms with E-state index < -0.39 is 4.92 Å². The molecule has 0 amide bonds. The Morgan fingerprint density at radius 2 is 1.96 bits per heavy atom. The molecule has 0 aliphatic rings. The lowest BCUT2D eigenvalue weighted by atomic mass is 10.3. The molecule has 2 N–H and O–H groups in total. The Hall–Kier alpha value is -3.69. The molecule has 128 valence electrons. The average Bonchev–Trinajstić information content (AvgIpc) is 3.00. The third-order valence-electron chi connectivity index (χ3n) is 3.21. The fourth-order valence-electron chi connectivity index (χ4n) is 2.12. The summed E-state index contributed by atoms with van der Waals surface area (Å²) < 4.78 is 10.1. The molecule has 0 unspecified atom stereocenters. The highest BCUT2D eigenvalue weighted by Crippen LogP contribution is 2.33. The monoisotopic (exact) mass is 342 g/mol. The van der Waals surface area contributed by atoms with Crippen LogP contribution >= 0.6 is 0 Å². The van der Waals surface area contributed by atoms with E-state index in [1.807, 2.05) is 0 Å². The molecule has 0 spiro atoms. The maximum Gasteiger partial charge on any atom is 0.353 e. The maximum atomic E-state index is 11.5. The smallest absolute Gasteiger partial charge is 0.353 e. The van der Waals surface area contributed by atoms with Crippen LogP contribution in [0.3, 0.4) is 0 Å². The predicted molar refractivity (Wildman–Crippen MR) is 89.5 cm³/mol. The van der Waals surface area contributed by atoms with E-state index in [4.69, 9.17) is 9.26 Å². The molecule has 0 aliphatic heterocycles. The fourth-order valence-corrected chi connectivity index (χ4v) is 2.12. The van der Waals surface area contributed by atoms with E-state index in [0.29, 0.717) is 23.0 Å². The second-order valence-corrected chi connectivity index (χ2v) is 4.98. The Bertz CT molecular complexity index is 911. The van der Waals surface area contributed by atoms with Gasteiger partial charge in [0, 0.05) is 17.8 Å². The van der Waals surface area contributed by atoms with E-state index in [1.165, 1.54) is 13.4 Å². The van der Waals surface area contributed by atoms with Crippen molar-refractivity contribution in [2.24, 2.45) is 0 Å². The number of rotatable bonds is 6. The number of hydrogen-bond donors (Lipinski definition) is 2. The quantitative estimate of drug-likeness (QED) is 0.512. The summed E-state index contributed by atoms with van der Waals surface area (Å²) in [6.07, 6.45) is 1.21. The number of ether oxygens (including phenoxy) is 1. The number of nitrogens with zero attached hydrogens (tertiary/aromatic N) is 4. The van der Waals surface area contributed by atoms with Crippen molar-refractivity contribution in [1.82, 2.24) is 15.1 Å². The van der Waals surface area contributed by atoms with E-state index in [0.717, 1.165) is 0 Å². The third kappa shape index (κ3) is 3.63. The molecule has 2 aromatic heterocycles. The van der Waals surface area contributed by atoms with Crippen LogP contribution in [-0.4, -0.2) is 27.2 Å². The van der Waals surface area contributed by atoms with Gasteiger partial charge >= 0.3 is 5.69 Å². The van der Waals surface area contributed by atoms with Crippen molar-refractivity contribution in [3.63, 3.8) is 0 Å². The van der Waals surface area contributed by atoms with E-state index >= 15 is 0 Å². The van der Waals surface area contributed by atoms with Gasteiger partial charge in [-0.15, -0.1) is 0 Å². The zero-order valence-corrected chi connectivity index (χ0v) is 13.4. The van der Waals surface area contributed by atoms with Crippen molar-refractivity contribution in [2.75, 3.05) is 17.7 Å². The Kier molecular flexibility index (Phi) is 4.42. The van der Waals surface area contributed by atoms with Crippen molar-refractivity contribution in [3.8, 4) is 5.75 Å². The molecule has 0 bridgehead atoms. The molecule has 0 saturated carbocycles. The number of benzene rings is 1. The molecule has 25 heavy (non-hydrogen) atoms. The minimum atomic E-state index is -0.572. The Labute approximate surface area is 142 Å². The first kappa shape index (κ1) is 16.2. The fraction of sp³-hybridized carbons (Fsp3) is 0.133. The minimum absolute atomic E-state index is 0.00121. The normalized spacial score (nSPS) is 10.3. The summed E-state index contributed by atoms with van der Waals surface area (Å²) >= 11 is 0. The highest BCUT2D eigenvalue weighted by Gasteiger charge is 2.24. The van der Waals surface area contributed by atoms with Gasteiger partial charge in [-0.05, 0) is 19.1 Å². The number of nitro groups is 1. The van der Waals surface area contributed by atoms with Gasteiger partial charge in [-0.2, -0.15) is 0 Å². The van der Waals surface area contributed by atoms with E-state index in [-0.39, 0.29) is 17.3 Å². The largest absolute Gasteiger partial charge is 0.497 e. The van der Waals surface area contributed by atoms with Gasteiger partial charge in [0.15, 0.2) is 5.82 Å². The lowest BCUT2D eigenvalue weighted by Gasteiger charge is -2.09. The SMILES string of the molecule is COc1cccc(Nc2ncnc(Nc3cc(C)on3)c2[N+](=O)[O-])c1. The van der Waals surface area contributed by atoms with Gasteiger partial charge in [0.25, 0.3) is 0 Å². The van der Waals surface area contributed by atoms with Crippen LogP contribution in [0, 0.1) is 17.0 Å². The predicted octanol–water partition coefficient (Wildman–Crippen LogP) is 3.18. The van der Waals surface area contributed by atoms with Crippen LogP contribution in [0.4, 0.5) is 28.8 Å². The van der Waals surface area contributed by atoms with Gasteiger partial charge < -0.3 is 19.9 Å². The molecule has 0 fully saturated rings. The highest BCUT2D eigenvalue weighted by molar-refractivity contribution is 5.76. The zero-order chi connectivity index (χ0) is 17.8. The van der Waals surface area contributed by atoms with Gasteiger partial charge in [-0.3, -0.25) is 10.1 Å². The molecule has 0 radical (unpaired) electrons. The van der Waals surface area contributed by atoms with Gasteiger partial charge in [0.05, 0.1) is 12.0 Å². The summed E-state index contributed by atoms with van der Waals surface area (Å²) in [4.78, 5) is 18.9. The van der Waals surface area contributed by atoms with Crippen molar-refractivity contribution in [3.05, 3.63) is 52.5 Å². The highest BCUT2D eigenvalue weighted by atomic mass is 16.6. The first-order chi connectivity index (χ1) is 12.1. The number of anilines is 4. The molecular formula is C15H14N6O4. The van der Waals surface area contributed by atoms with Crippen LogP contribution in [0.15, 0.2) is 41.2 Å². The van der Waals surface area contributed by atoms with Gasteiger partial charge in [-0.1, -0.05) is 11.2 Å². The summed E-state index contributed by atoms with van der Waals surface area (Å²) in [5.74, 6) is 1.52. The van der Waals surface area contributed by atoms with Crippen LogP contribution in [0.25, 0.3) is 0 Å². The second kappa shape index (κ2) is 6.83. The topological polar surface area (TPSA) is 128 Å². The molecule has 1 aromatic carbocycles. The molecular weight excluding hydrogens is 328 g/mol. The van der Waals surface area contributed by atoms with Gasteiger partial charge in [0.2, 0.25) is 11.6 Å². The number of hydrogen-bond acceptors (Lipinski definition) is 9. The zero-order valence-electron chi connectivity index (χ0n) is 13.4. The van der Waals surface area contributed by atoms with E-state index in [2.05, 4.69) is 25.8 Å². The first-order valence-corrected chi connectivity index (χ1v) is 7.17. The van der Waals surface area contributed by atoms with Crippen molar-refractivity contribution in [2.45, 2.75) is 6.92 Å². The molecule has 0 saturated heterocycles. The Morgan fingerprint density at radius 3 is 2.60 bits per heavy atom. The lowest BCUT2D eigenvalue weighted by Crippen LogP contribution is -2.05.